The number of esters is 1. The van der Waals surface area contributed by atoms with E-state index in [0.29, 0.717) is 5.82 Å². The summed E-state index contributed by atoms with van der Waals surface area (Å²) in [6.07, 6.45) is 0. The van der Waals surface area contributed by atoms with Crippen molar-refractivity contribution in [3.8, 4) is 5.69 Å². The summed E-state index contributed by atoms with van der Waals surface area (Å²) in [7, 11) is 1.22. The van der Waals surface area contributed by atoms with E-state index in [1.807, 2.05) is 0 Å². The molecule has 2 rings (SSSR count). The van der Waals surface area contributed by atoms with Crippen molar-refractivity contribution in [3.63, 3.8) is 0 Å². The standard InChI is InChI=1S/C11H10FN3O3/c1-6-13-11(17)15(14-6)9-5-7(10(16)18-2)3-4-8(9)12/h3-5H,1-2H3,(H,13,14,17). The van der Waals surface area contributed by atoms with Crippen LogP contribution in [0.1, 0.15) is 16.2 Å². The minimum Gasteiger partial charge on any atom is -0.465 e. The first-order valence-corrected chi connectivity index (χ1v) is 5.07. The normalized spacial score (nSPS) is 10.4. The van der Waals surface area contributed by atoms with Crippen LogP contribution in [0.25, 0.3) is 5.69 Å². The molecule has 0 spiro atoms. The molecule has 2 aromatic rings. The van der Waals surface area contributed by atoms with Crippen LogP contribution in [0.4, 0.5) is 4.39 Å². The topological polar surface area (TPSA) is 77.0 Å². The smallest absolute Gasteiger partial charge is 0.348 e. The predicted molar refractivity (Wildman–Crippen MR) is 60.2 cm³/mol. The summed E-state index contributed by atoms with van der Waals surface area (Å²) in [5, 5.41) is 3.82. The lowest BCUT2D eigenvalue weighted by Crippen LogP contribution is -2.18. The Hall–Kier alpha value is -2.44. The molecule has 0 aliphatic heterocycles. The molecule has 94 valence electrons. The number of aryl methyl sites for hydroxylation is 1. The third kappa shape index (κ3) is 2.02. The van der Waals surface area contributed by atoms with Crippen molar-refractivity contribution in [2.24, 2.45) is 0 Å². The van der Waals surface area contributed by atoms with Gasteiger partial charge in [0.1, 0.15) is 17.3 Å². The summed E-state index contributed by atoms with van der Waals surface area (Å²) >= 11 is 0. The van der Waals surface area contributed by atoms with Crippen molar-refractivity contribution in [2.75, 3.05) is 7.11 Å². The third-order valence-electron chi connectivity index (χ3n) is 2.33. The van der Waals surface area contributed by atoms with Gasteiger partial charge in [-0.3, -0.25) is 4.98 Å². The van der Waals surface area contributed by atoms with Crippen LogP contribution in [0.2, 0.25) is 0 Å². The third-order valence-corrected chi connectivity index (χ3v) is 2.33. The highest BCUT2D eigenvalue weighted by molar-refractivity contribution is 5.89. The molecule has 0 bridgehead atoms. The lowest BCUT2D eigenvalue weighted by atomic mass is 10.2. The molecule has 1 aromatic heterocycles. The molecule has 7 heteroatoms. The molecule has 0 saturated carbocycles. The van der Waals surface area contributed by atoms with Gasteiger partial charge in [-0.15, -0.1) is 0 Å². The molecule has 18 heavy (non-hydrogen) atoms. The molecular weight excluding hydrogens is 241 g/mol. The van der Waals surface area contributed by atoms with Gasteiger partial charge in [0, 0.05) is 0 Å². The van der Waals surface area contributed by atoms with Gasteiger partial charge >= 0.3 is 11.7 Å². The molecular formula is C11H10FN3O3. The Labute approximate surface area is 101 Å². The van der Waals surface area contributed by atoms with E-state index in [9.17, 15) is 14.0 Å². The molecule has 1 heterocycles. The van der Waals surface area contributed by atoms with Gasteiger partial charge in [-0.05, 0) is 25.1 Å². The fourth-order valence-corrected chi connectivity index (χ4v) is 1.51. The van der Waals surface area contributed by atoms with E-state index in [0.717, 1.165) is 10.7 Å². The number of hydrogen-bond acceptors (Lipinski definition) is 4. The van der Waals surface area contributed by atoms with E-state index >= 15 is 0 Å². The van der Waals surface area contributed by atoms with E-state index in [2.05, 4.69) is 14.8 Å². The Morgan fingerprint density at radius 1 is 1.50 bits per heavy atom. The number of methoxy groups -OCH3 is 1. The zero-order valence-corrected chi connectivity index (χ0v) is 9.73. The first-order chi connectivity index (χ1) is 8.52. The average Bonchev–Trinajstić information content (AvgIpc) is 2.68. The quantitative estimate of drug-likeness (QED) is 0.801. The summed E-state index contributed by atoms with van der Waals surface area (Å²) < 4.78 is 19.0. The van der Waals surface area contributed by atoms with Crippen LogP contribution >= 0.6 is 0 Å². The number of H-pyrrole nitrogens is 1. The second-order valence-electron chi connectivity index (χ2n) is 3.59. The van der Waals surface area contributed by atoms with Gasteiger partial charge in [0.05, 0.1) is 12.7 Å². The largest absolute Gasteiger partial charge is 0.465 e. The molecule has 0 aliphatic rings. The number of aromatic amines is 1. The molecule has 1 aromatic carbocycles. The van der Waals surface area contributed by atoms with E-state index < -0.39 is 17.5 Å². The molecule has 6 nitrogen and oxygen atoms in total. The van der Waals surface area contributed by atoms with Gasteiger partial charge in [-0.25, -0.2) is 14.0 Å². The number of ether oxygens (including phenoxy) is 1. The summed E-state index contributed by atoms with van der Waals surface area (Å²) in [5.74, 6) is -0.921. The minimum absolute atomic E-state index is 0.104. The number of rotatable bonds is 2. The van der Waals surface area contributed by atoms with Crippen LogP contribution in [0.5, 0.6) is 0 Å². The first-order valence-electron chi connectivity index (χ1n) is 5.07. The lowest BCUT2D eigenvalue weighted by Gasteiger charge is -2.04. The summed E-state index contributed by atoms with van der Waals surface area (Å²) in [6.45, 7) is 1.57. The van der Waals surface area contributed by atoms with Crippen molar-refractivity contribution in [1.82, 2.24) is 14.8 Å². The van der Waals surface area contributed by atoms with Gasteiger partial charge in [0.25, 0.3) is 0 Å². The predicted octanol–water partition coefficient (Wildman–Crippen LogP) is 0.795. The Kier molecular flexibility index (Phi) is 2.97. The highest BCUT2D eigenvalue weighted by Crippen LogP contribution is 2.14. The van der Waals surface area contributed by atoms with Crippen molar-refractivity contribution in [2.45, 2.75) is 6.92 Å². The molecule has 0 saturated heterocycles. The van der Waals surface area contributed by atoms with E-state index in [1.165, 1.54) is 19.2 Å². The highest BCUT2D eigenvalue weighted by Gasteiger charge is 2.14. The van der Waals surface area contributed by atoms with Gasteiger partial charge in [-0.2, -0.15) is 9.78 Å². The van der Waals surface area contributed by atoms with Crippen LogP contribution in [0, 0.1) is 12.7 Å². The van der Waals surface area contributed by atoms with Crippen molar-refractivity contribution >= 4 is 5.97 Å². The fourth-order valence-electron chi connectivity index (χ4n) is 1.51. The average molecular weight is 251 g/mol. The maximum Gasteiger partial charge on any atom is 0.348 e. The Morgan fingerprint density at radius 3 is 2.78 bits per heavy atom. The van der Waals surface area contributed by atoms with E-state index in [4.69, 9.17) is 0 Å². The van der Waals surface area contributed by atoms with E-state index in [-0.39, 0.29) is 11.3 Å². The van der Waals surface area contributed by atoms with Crippen LogP contribution in [0.15, 0.2) is 23.0 Å². The molecule has 1 N–H and O–H groups in total. The first kappa shape index (κ1) is 12.0. The number of aromatic nitrogens is 3. The van der Waals surface area contributed by atoms with Gasteiger partial charge in [0.15, 0.2) is 0 Å². The maximum absolute atomic E-state index is 13.6. The molecule has 0 aliphatic carbocycles. The maximum atomic E-state index is 13.6. The number of halogens is 1. The number of nitrogens with one attached hydrogen (secondary N) is 1. The van der Waals surface area contributed by atoms with Crippen LogP contribution < -0.4 is 5.69 Å². The Bertz CT molecular complexity index is 660. The summed E-state index contributed by atoms with van der Waals surface area (Å²) in [4.78, 5) is 25.3. The van der Waals surface area contributed by atoms with Gasteiger partial charge in [0.2, 0.25) is 0 Å². The number of nitrogens with zero attached hydrogens (tertiary/aromatic N) is 2. The van der Waals surface area contributed by atoms with Crippen LogP contribution in [-0.4, -0.2) is 27.8 Å². The monoisotopic (exact) mass is 251 g/mol. The van der Waals surface area contributed by atoms with Gasteiger partial charge < -0.3 is 4.74 Å². The minimum atomic E-state index is -0.656. The molecule has 0 fully saturated rings. The molecule has 0 atom stereocenters. The molecule has 0 amide bonds. The Morgan fingerprint density at radius 2 is 2.22 bits per heavy atom. The van der Waals surface area contributed by atoms with Crippen LogP contribution in [-0.2, 0) is 4.74 Å². The van der Waals surface area contributed by atoms with Crippen molar-refractivity contribution in [1.29, 1.82) is 0 Å². The van der Waals surface area contributed by atoms with Crippen molar-refractivity contribution < 1.29 is 13.9 Å². The highest BCUT2D eigenvalue weighted by atomic mass is 19.1. The second-order valence-corrected chi connectivity index (χ2v) is 3.59. The molecule has 0 unspecified atom stereocenters. The van der Waals surface area contributed by atoms with E-state index in [1.54, 1.807) is 6.92 Å². The Balaban J connectivity index is 2.60. The summed E-state index contributed by atoms with van der Waals surface area (Å²) in [5.41, 5.74) is -0.540. The number of hydrogen-bond donors (Lipinski definition) is 1. The van der Waals surface area contributed by atoms with Crippen molar-refractivity contribution in [3.05, 3.63) is 45.9 Å². The zero-order chi connectivity index (χ0) is 13.3. The summed E-state index contributed by atoms with van der Waals surface area (Å²) in [6, 6.07) is 3.57. The molecule has 0 radical (unpaired) electrons. The zero-order valence-electron chi connectivity index (χ0n) is 9.73. The lowest BCUT2D eigenvalue weighted by molar-refractivity contribution is 0.0600. The fraction of sp³-hybridized carbons (Fsp3) is 0.182. The number of benzene rings is 1. The van der Waals surface area contributed by atoms with Gasteiger partial charge in [-0.1, -0.05) is 0 Å². The SMILES string of the molecule is COC(=O)c1ccc(F)c(-n2nc(C)[nH]c2=O)c1. The number of carbonyl (C=O) groups excluding carboxylic acids is 1. The second kappa shape index (κ2) is 4.44. The van der Waals surface area contributed by atoms with Crippen LogP contribution in [0.3, 0.4) is 0 Å². The number of carbonyl (C=O) groups is 1.